The van der Waals surface area contributed by atoms with E-state index in [2.05, 4.69) is 9.97 Å². The molecule has 1 aromatic heterocycles. The zero-order valence-corrected chi connectivity index (χ0v) is 9.76. The monoisotopic (exact) mass is 229 g/mol. The molecule has 0 aliphatic heterocycles. The van der Waals surface area contributed by atoms with E-state index in [9.17, 15) is 0 Å². The van der Waals surface area contributed by atoms with E-state index in [1.165, 1.54) is 0 Å². The first-order valence-electron chi connectivity index (χ1n) is 5.56. The van der Waals surface area contributed by atoms with Gasteiger partial charge in [0.25, 0.3) is 0 Å². The number of nitrogens with zero attached hydrogens (tertiary/aromatic N) is 2. The van der Waals surface area contributed by atoms with Crippen molar-refractivity contribution in [2.45, 2.75) is 13.5 Å². The lowest BCUT2D eigenvalue weighted by Gasteiger charge is -2.05. The number of benzene rings is 1. The van der Waals surface area contributed by atoms with E-state index in [-0.39, 0.29) is 0 Å². The van der Waals surface area contributed by atoms with E-state index in [0.29, 0.717) is 24.9 Å². The quantitative estimate of drug-likeness (QED) is 0.873. The summed E-state index contributed by atoms with van der Waals surface area (Å²) in [5.74, 6) is 1.08. The van der Waals surface area contributed by atoms with Crippen molar-refractivity contribution in [1.29, 1.82) is 0 Å². The molecule has 0 unspecified atom stereocenters. The number of rotatable bonds is 4. The molecule has 1 heterocycles. The maximum atomic E-state index is 5.76. The molecule has 0 saturated carbocycles. The molecule has 0 aliphatic carbocycles. The van der Waals surface area contributed by atoms with Crippen LogP contribution in [0, 0.1) is 0 Å². The Hall–Kier alpha value is -1.94. The van der Waals surface area contributed by atoms with Gasteiger partial charge in [0.1, 0.15) is 12.4 Å². The largest absolute Gasteiger partial charge is 0.384 e. The summed E-state index contributed by atoms with van der Waals surface area (Å²) in [6, 6.07) is 11.7. The standard InChI is InChI=1S/C13H15N3O/c1-2-17-9-13-15-11(8-12(14)16-13)10-6-4-3-5-7-10/h3-8H,2,9H2,1H3,(H2,14,15,16). The van der Waals surface area contributed by atoms with E-state index >= 15 is 0 Å². The zero-order valence-electron chi connectivity index (χ0n) is 9.76. The number of hydrogen-bond donors (Lipinski definition) is 1. The van der Waals surface area contributed by atoms with Crippen LogP contribution in [0.5, 0.6) is 0 Å². The number of nitrogen functional groups attached to an aromatic ring is 1. The van der Waals surface area contributed by atoms with Crippen molar-refractivity contribution in [3.8, 4) is 11.3 Å². The Balaban J connectivity index is 2.32. The molecule has 1 aromatic carbocycles. The normalized spacial score (nSPS) is 10.4. The smallest absolute Gasteiger partial charge is 0.157 e. The summed E-state index contributed by atoms with van der Waals surface area (Å²) in [6.07, 6.45) is 0. The zero-order chi connectivity index (χ0) is 12.1. The van der Waals surface area contributed by atoms with Crippen LogP contribution in [0.25, 0.3) is 11.3 Å². The van der Waals surface area contributed by atoms with Crippen molar-refractivity contribution in [3.63, 3.8) is 0 Å². The summed E-state index contributed by atoms with van der Waals surface area (Å²) in [6.45, 7) is 2.96. The van der Waals surface area contributed by atoms with Gasteiger partial charge < -0.3 is 10.5 Å². The molecule has 4 nitrogen and oxygen atoms in total. The fourth-order valence-corrected chi connectivity index (χ4v) is 1.53. The highest BCUT2D eigenvalue weighted by Crippen LogP contribution is 2.18. The molecule has 0 amide bonds. The topological polar surface area (TPSA) is 61.0 Å². The predicted octanol–water partition coefficient (Wildman–Crippen LogP) is 2.26. The average molecular weight is 229 g/mol. The molecular weight excluding hydrogens is 214 g/mol. The van der Waals surface area contributed by atoms with Gasteiger partial charge in [-0.05, 0) is 6.92 Å². The Morgan fingerprint density at radius 2 is 1.94 bits per heavy atom. The van der Waals surface area contributed by atoms with Crippen LogP contribution in [0.2, 0.25) is 0 Å². The van der Waals surface area contributed by atoms with Crippen molar-refractivity contribution in [2.75, 3.05) is 12.3 Å². The first kappa shape index (κ1) is 11.5. The van der Waals surface area contributed by atoms with Crippen molar-refractivity contribution < 1.29 is 4.74 Å². The third-order valence-electron chi connectivity index (χ3n) is 2.30. The second kappa shape index (κ2) is 5.41. The summed E-state index contributed by atoms with van der Waals surface area (Å²) in [7, 11) is 0. The molecule has 17 heavy (non-hydrogen) atoms. The van der Waals surface area contributed by atoms with Crippen LogP contribution in [-0.2, 0) is 11.3 Å². The third kappa shape index (κ3) is 3.01. The molecule has 2 aromatic rings. The van der Waals surface area contributed by atoms with E-state index < -0.39 is 0 Å². The molecule has 4 heteroatoms. The molecule has 0 radical (unpaired) electrons. The van der Waals surface area contributed by atoms with Gasteiger partial charge in [0, 0.05) is 18.2 Å². The lowest BCUT2D eigenvalue weighted by atomic mass is 10.1. The molecule has 88 valence electrons. The molecule has 0 spiro atoms. The van der Waals surface area contributed by atoms with Crippen LogP contribution in [-0.4, -0.2) is 16.6 Å². The lowest BCUT2D eigenvalue weighted by molar-refractivity contribution is 0.128. The van der Waals surface area contributed by atoms with Crippen molar-refractivity contribution in [2.24, 2.45) is 0 Å². The van der Waals surface area contributed by atoms with Crippen LogP contribution in [0.15, 0.2) is 36.4 Å². The first-order valence-corrected chi connectivity index (χ1v) is 5.56. The number of hydrogen-bond acceptors (Lipinski definition) is 4. The van der Waals surface area contributed by atoms with Gasteiger partial charge >= 0.3 is 0 Å². The molecule has 0 atom stereocenters. The molecule has 0 saturated heterocycles. The molecular formula is C13H15N3O. The van der Waals surface area contributed by atoms with Crippen LogP contribution in [0.1, 0.15) is 12.7 Å². The Kier molecular flexibility index (Phi) is 3.67. The first-order chi connectivity index (χ1) is 8.29. The summed E-state index contributed by atoms with van der Waals surface area (Å²) < 4.78 is 5.28. The Labute approximate surface area is 100 Å². The summed E-state index contributed by atoms with van der Waals surface area (Å²) in [4.78, 5) is 8.56. The summed E-state index contributed by atoms with van der Waals surface area (Å²) in [5.41, 5.74) is 7.62. The lowest BCUT2D eigenvalue weighted by Crippen LogP contribution is -2.03. The molecule has 2 rings (SSSR count). The van der Waals surface area contributed by atoms with Gasteiger partial charge in [0.05, 0.1) is 5.69 Å². The van der Waals surface area contributed by atoms with Crippen LogP contribution >= 0.6 is 0 Å². The maximum Gasteiger partial charge on any atom is 0.157 e. The van der Waals surface area contributed by atoms with Gasteiger partial charge in [-0.1, -0.05) is 30.3 Å². The fraction of sp³-hybridized carbons (Fsp3) is 0.231. The van der Waals surface area contributed by atoms with E-state index in [1.807, 2.05) is 37.3 Å². The summed E-state index contributed by atoms with van der Waals surface area (Å²) >= 11 is 0. The van der Waals surface area contributed by atoms with E-state index in [1.54, 1.807) is 6.07 Å². The van der Waals surface area contributed by atoms with Gasteiger partial charge in [-0.25, -0.2) is 9.97 Å². The molecule has 0 bridgehead atoms. The van der Waals surface area contributed by atoms with Gasteiger partial charge in [-0.3, -0.25) is 0 Å². The highest BCUT2D eigenvalue weighted by atomic mass is 16.5. The Bertz CT molecular complexity index is 485. The van der Waals surface area contributed by atoms with E-state index in [0.717, 1.165) is 11.3 Å². The minimum Gasteiger partial charge on any atom is -0.384 e. The maximum absolute atomic E-state index is 5.76. The second-order valence-electron chi connectivity index (χ2n) is 3.60. The van der Waals surface area contributed by atoms with Crippen molar-refractivity contribution in [1.82, 2.24) is 9.97 Å². The number of ether oxygens (including phenoxy) is 1. The van der Waals surface area contributed by atoms with Gasteiger partial charge in [0.15, 0.2) is 5.82 Å². The second-order valence-corrected chi connectivity index (χ2v) is 3.60. The minimum absolute atomic E-state index is 0.390. The number of aromatic nitrogens is 2. The highest BCUT2D eigenvalue weighted by Gasteiger charge is 2.04. The fourth-order valence-electron chi connectivity index (χ4n) is 1.53. The Morgan fingerprint density at radius 3 is 2.65 bits per heavy atom. The number of anilines is 1. The average Bonchev–Trinajstić information content (AvgIpc) is 2.37. The van der Waals surface area contributed by atoms with Gasteiger partial charge in [-0.2, -0.15) is 0 Å². The third-order valence-corrected chi connectivity index (χ3v) is 2.30. The minimum atomic E-state index is 0.390. The van der Waals surface area contributed by atoms with Crippen molar-refractivity contribution in [3.05, 3.63) is 42.2 Å². The van der Waals surface area contributed by atoms with E-state index in [4.69, 9.17) is 10.5 Å². The summed E-state index contributed by atoms with van der Waals surface area (Å²) in [5, 5.41) is 0. The van der Waals surface area contributed by atoms with Gasteiger partial charge in [-0.15, -0.1) is 0 Å². The van der Waals surface area contributed by atoms with Crippen LogP contribution in [0.4, 0.5) is 5.82 Å². The van der Waals surface area contributed by atoms with Gasteiger partial charge in [0.2, 0.25) is 0 Å². The number of nitrogens with two attached hydrogens (primary N) is 1. The molecule has 0 aliphatic rings. The van der Waals surface area contributed by atoms with Crippen LogP contribution in [0.3, 0.4) is 0 Å². The molecule has 2 N–H and O–H groups in total. The SMILES string of the molecule is CCOCc1nc(N)cc(-c2ccccc2)n1. The molecule has 0 fully saturated rings. The highest BCUT2D eigenvalue weighted by molar-refractivity contribution is 5.61. The van der Waals surface area contributed by atoms with Crippen LogP contribution < -0.4 is 5.73 Å². The van der Waals surface area contributed by atoms with Crippen molar-refractivity contribution >= 4 is 5.82 Å². The Morgan fingerprint density at radius 1 is 1.18 bits per heavy atom. The predicted molar refractivity (Wildman–Crippen MR) is 67.2 cm³/mol.